The van der Waals surface area contributed by atoms with Crippen LogP contribution in [0.1, 0.15) is 33.5 Å². The van der Waals surface area contributed by atoms with E-state index in [1.54, 1.807) is 17.5 Å². The molecule has 2 N–H and O–H groups in total. The van der Waals surface area contributed by atoms with E-state index in [2.05, 4.69) is 15.6 Å². The van der Waals surface area contributed by atoms with Gasteiger partial charge in [-0.3, -0.25) is 9.59 Å². The molecule has 0 unspecified atom stereocenters. The molecule has 0 fully saturated rings. The molecule has 4 rings (SSSR count). The SMILES string of the molecule is CC(=O)Nc1cc2ccccc2cc1C(=O)OCc1csc(CC(=O)Nc2ccccc2C)n1. The van der Waals surface area contributed by atoms with Crippen molar-refractivity contribution in [3.05, 3.63) is 87.9 Å². The van der Waals surface area contributed by atoms with Gasteiger partial charge < -0.3 is 15.4 Å². The monoisotopic (exact) mass is 473 g/mol. The van der Waals surface area contributed by atoms with E-state index >= 15 is 0 Å². The Labute approximate surface area is 200 Å². The summed E-state index contributed by atoms with van der Waals surface area (Å²) >= 11 is 1.33. The third kappa shape index (κ3) is 5.65. The van der Waals surface area contributed by atoms with E-state index in [9.17, 15) is 14.4 Å². The number of ether oxygens (including phenoxy) is 1. The zero-order valence-corrected chi connectivity index (χ0v) is 19.6. The summed E-state index contributed by atoms with van der Waals surface area (Å²) in [5.41, 5.74) is 2.96. The number of benzene rings is 3. The van der Waals surface area contributed by atoms with Gasteiger partial charge in [0.25, 0.3) is 0 Å². The summed E-state index contributed by atoms with van der Waals surface area (Å²) in [6, 6.07) is 18.6. The van der Waals surface area contributed by atoms with Crippen molar-refractivity contribution in [2.45, 2.75) is 26.9 Å². The first-order chi connectivity index (χ1) is 16.4. The van der Waals surface area contributed by atoms with E-state index < -0.39 is 5.97 Å². The molecule has 0 saturated carbocycles. The second-order valence-corrected chi connectivity index (χ2v) is 8.72. The number of rotatable bonds is 7. The van der Waals surface area contributed by atoms with Crippen molar-refractivity contribution >= 4 is 51.3 Å². The molecular weight excluding hydrogens is 450 g/mol. The van der Waals surface area contributed by atoms with Crippen molar-refractivity contribution in [1.82, 2.24) is 4.98 Å². The predicted molar refractivity (Wildman–Crippen MR) is 133 cm³/mol. The topological polar surface area (TPSA) is 97.4 Å². The summed E-state index contributed by atoms with van der Waals surface area (Å²) < 4.78 is 5.47. The fraction of sp³-hybridized carbons (Fsp3) is 0.154. The van der Waals surface area contributed by atoms with Crippen molar-refractivity contribution in [3.63, 3.8) is 0 Å². The quantitative estimate of drug-likeness (QED) is 0.364. The van der Waals surface area contributed by atoms with Crippen LogP contribution in [0.3, 0.4) is 0 Å². The highest BCUT2D eigenvalue weighted by Crippen LogP contribution is 2.25. The maximum absolute atomic E-state index is 12.8. The largest absolute Gasteiger partial charge is 0.455 e. The Morgan fingerprint density at radius 3 is 2.38 bits per heavy atom. The fourth-order valence-corrected chi connectivity index (χ4v) is 4.24. The number of fused-ring (bicyclic) bond motifs is 1. The van der Waals surface area contributed by atoms with Gasteiger partial charge in [-0.15, -0.1) is 11.3 Å². The van der Waals surface area contributed by atoms with Gasteiger partial charge >= 0.3 is 5.97 Å². The lowest BCUT2D eigenvalue weighted by Gasteiger charge is -2.11. The molecule has 0 atom stereocenters. The maximum Gasteiger partial charge on any atom is 0.340 e. The highest BCUT2D eigenvalue weighted by Gasteiger charge is 2.17. The minimum Gasteiger partial charge on any atom is -0.455 e. The fourth-order valence-electron chi connectivity index (χ4n) is 3.46. The van der Waals surface area contributed by atoms with Gasteiger partial charge in [-0.25, -0.2) is 9.78 Å². The second kappa shape index (κ2) is 10.3. The predicted octanol–water partition coefficient (Wildman–Crippen LogP) is 5.10. The van der Waals surface area contributed by atoms with E-state index in [0.29, 0.717) is 16.4 Å². The number of carbonyl (C=O) groups excluding carboxylic acids is 3. The summed E-state index contributed by atoms with van der Waals surface area (Å²) in [5.74, 6) is -1.01. The molecule has 0 aliphatic rings. The van der Waals surface area contributed by atoms with Crippen LogP contribution < -0.4 is 10.6 Å². The van der Waals surface area contributed by atoms with Gasteiger partial charge in [0.1, 0.15) is 11.6 Å². The molecule has 3 aromatic carbocycles. The first-order valence-electron chi connectivity index (χ1n) is 10.7. The smallest absolute Gasteiger partial charge is 0.340 e. The standard InChI is InChI=1S/C26H23N3O4S/c1-16-7-3-6-10-22(16)29-24(31)13-25-28-20(15-34-25)14-33-26(32)21-11-18-8-4-5-9-19(18)12-23(21)27-17(2)30/h3-12,15H,13-14H2,1-2H3,(H,27,30)(H,29,31). The Hall–Kier alpha value is -4.04. The van der Waals surface area contributed by atoms with Crippen LogP contribution in [0.15, 0.2) is 66.0 Å². The Bertz CT molecular complexity index is 1380. The number of aromatic nitrogens is 1. The number of nitrogens with zero attached hydrogens (tertiary/aromatic N) is 1. The molecule has 0 aliphatic carbocycles. The minimum absolute atomic E-state index is 0.0406. The third-order valence-corrected chi connectivity index (χ3v) is 6.00. The molecule has 1 aromatic heterocycles. The van der Waals surface area contributed by atoms with Crippen LogP contribution in [0.25, 0.3) is 10.8 Å². The first-order valence-corrected chi connectivity index (χ1v) is 11.5. The highest BCUT2D eigenvalue weighted by molar-refractivity contribution is 7.09. The number of thiazole rings is 1. The number of hydrogen-bond acceptors (Lipinski definition) is 6. The van der Waals surface area contributed by atoms with E-state index in [0.717, 1.165) is 22.0 Å². The van der Waals surface area contributed by atoms with Crippen LogP contribution in [0.4, 0.5) is 11.4 Å². The van der Waals surface area contributed by atoms with Gasteiger partial charge in [0.15, 0.2) is 0 Å². The zero-order valence-electron chi connectivity index (χ0n) is 18.8. The lowest BCUT2D eigenvalue weighted by Crippen LogP contribution is -2.15. The number of amides is 2. The average Bonchev–Trinajstić information content (AvgIpc) is 3.25. The maximum atomic E-state index is 12.8. The molecule has 0 aliphatic heterocycles. The molecule has 34 heavy (non-hydrogen) atoms. The molecular formula is C26H23N3O4S. The van der Waals surface area contributed by atoms with Crippen molar-refractivity contribution in [2.75, 3.05) is 10.6 Å². The van der Waals surface area contributed by atoms with Crippen molar-refractivity contribution in [3.8, 4) is 0 Å². The van der Waals surface area contributed by atoms with E-state index in [-0.39, 0.29) is 30.4 Å². The Morgan fingerprint density at radius 2 is 1.65 bits per heavy atom. The van der Waals surface area contributed by atoms with Gasteiger partial charge in [0.05, 0.1) is 23.4 Å². The number of esters is 1. The van der Waals surface area contributed by atoms with Crippen LogP contribution in [-0.2, 0) is 27.4 Å². The average molecular weight is 474 g/mol. The third-order valence-electron chi connectivity index (χ3n) is 5.10. The molecule has 0 bridgehead atoms. The molecule has 1 heterocycles. The highest BCUT2D eigenvalue weighted by atomic mass is 32.1. The van der Waals surface area contributed by atoms with Gasteiger partial charge in [-0.05, 0) is 41.5 Å². The Balaban J connectivity index is 1.41. The summed E-state index contributed by atoms with van der Waals surface area (Å²) in [7, 11) is 0. The number of nitrogens with one attached hydrogen (secondary N) is 2. The number of carbonyl (C=O) groups is 3. The van der Waals surface area contributed by atoms with Crippen LogP contribution in [-0.4, -0.2) is 22.8 Å². The second-order valence-electron chi connectivity index (χ2n) is 7.77. The molecule has 0 radical (unpaired) electrons. The molecule has 7 nitrogen and oxygen atoms in total. The number of anilines is 2. The summed E-state index contributed by atoms with van der Waals surface area (Å²) in [4.78, 5) is 41.2. The molecule has 2 amide bonds. The molecule has 0 saturated heterocycles. The zero-order chi connectivity index (χ0) is 24.1. The molecule has 0 spiro atoms. The molecule has 8 heteroatoms. The summed E-state index contributed by atoms with van der Waals surface area (Å²) in [5, 5.41) is 9.73. The summed E-state index contributed by atoms with van der Waals surface area (Å²) in [6.07, 6.45) is 0.129. The normalized spacial score (nSPS) is 10.6. The van der Waals surface area contributed by atoms with E-state index in [1.807, 2.05) is 55.5 Å². The van der Waals surface area contributed by atoms with Crippen LogP contribution in [0.5, 0.6) is 0 Å². The minimum atomic E-state index is -0.568. The van der Waals surface area contributed by atoms with E-state index in [1.165, 1.54) is 18.3 Å². The lowest BCUT2D eigenvalue weighted by molar-refractivity contribution is -0.116. The van der Waals surface area contributed by atoms with Gasteiger partial charge in [0.2, 0.25) is 11.8 Å². The van der Waals surface area contributed by atoms with Crippen molar-refractivity contribution in [1.29, 1.82) is 0 Å². The van der Waals surface area contributed by atoms with Crippen LogP contribution >= 0.6 is 11.3 Å². The molecule has 4 aromatic rings. The van der Waals surface area contributed by atoms with Gasteiger partial charge in [-0.1, -0.05) is 42.5 Å². The van der Waals surface area contributed by atoms with E-state index in [4.69, 9.17) is 4.74 Å². The summed E-state index contributed by atoms with van der Waals surface area (Å²) in [6.45, 7) is 3.27. The first kappa shape index (κ1) is 23.1. The Kier molecular flexibility index (Phi) is 6.98. The van der Waals surface area contributed by atoms with Gasteiger partial charge in [0, 0.05) is 18.0 Å². The van der Waals surface area contributed by atoms with Gasteiger partial charge in [-0.2, -0.15) is 0 Å². The van der Waals surface area contributed by atoms with Crippen molar-refractivity contribution < 1.29 is 19.1 Å². The Morgan fingerprint density at radius 1 is 0.941 bits per heavy atom. The van der Waals surface area contributed by atoms with Crippen LogP contribution in [0, 0.1) is 6.92 Å². The van der Waals surface area contributed by atoms with Crippen LogP contribution in [0.2, 0.25) is 0 Å². The lowest BCUT2D eigenvalue weighted by atomic mass is 10.0. The number of para-hydroxylation sites is 1. The van der Waals surface area contributed by atoms with Crippen molar-refractivity contribution in [2.24, 2.45) is 0 Å². The number of aryl methyl sites for hydroxylation is 1. The number of hydrogen-bond donors (Lipinski definition) is 2. The molecule has 172 valence electrons.